The number of aromatic amines is 1. The summed E-state index contributed by atoms with van der Waals surface area (Å²) in [6.45, 7) is 3.58. The lowest BCUT2D eigenvalue weighted by atomic mass is 9.99. The smallest absolute Gasteiger partial charge is 0.252 e. The minimum Gasteiger partial charge on any atom is -0.355 e. The first kappa shape index (κ1) is 20.1. The number of H-pyrrole nitrogens is 1. The summed E-state index contributed by atoms with van der Waals surface area (Å²) in [6, 6.07) is 12.1. The molecule has 3 heterocycles. The number of nitrogens with zero attached hydrogens (tertiary/aromatic N) is 1. The lowest BCUT2D eigenvalue weighted by Crippen LogP contribution is -2.28. The average Bonchev–Trinajstić information content (AvgIpc) is 3.32. The topological polar surface area (TPSA) is 94.3 Å². The van der Waals surface area contributed by atoms with E-state index in [0.29, 0.717) is 23.4 Å². The minimum absolute atomic E-state index is 0.188. The molecule has 2 aliphatic rings. The SMILES string of the molecule is CS(=O)(=O)Nc1ccc(-c2cc3cc(CN4CCCCC4)ccc3[nH]2)c2c1CNC2=O. The number of piperidine rings is 1. The van der Waals surface area contributed by atoms with Gasteiger partial charge < -0.3 is 10.3 Å². The summed E-state index contributed by atoms with van der Waals surface area (Å²) in [5.41, 5.74) is 5.58. The number of hydrogen-bond acceptors (Lipinski definition) is 4. The zero-order chi connectivity index (χ0) is 21.6. The summed E-state index contributed by atoms with van der Waals surface area (Å²) in [5, 5.41) is 3.92. The van der Waals surface area contributed by atoms with Crippen molar-refractivity contribution in [3.63, 3.8) is 0 Å². The number of fused-ring (bicyclic) bond motifs is 2. The fourth-order valence-electron chi connectivity index (χ4n) is 4.67. The highest BCUT2D eigenvalue weighted by Gasteiger charge is 2.27. The Bertz CT molecular complexity index is 1270. The Morgan fingerprint density at radius 1 is 1.06 bits per heavy atom. The second kappa shape index (κ2) is 7.69. The van der Waals surface area contributed by atoms with Crippen molar-refractivity contribution in [3.8, 4) is 11.3 Å². The maximum absolute atomic E-state index is 12.6. The molecule has 5 rings (SSSR count). The zero-order valence-corrected chi connectivity index (χ0v) is 18.3. The van der Waals surface area contributed by atoms with Gasteiger partial charge in [-0.1, -0.05) is 12.5 Å². The van der Waals surface area contributed by atoms with E-state index in [1.165, 1.54) is 24.8 Å². The lowest BCUT2D eigenvalue weighted by Gasteiger charge is -2.26. The highest BCUT2D eigenvalue weighted by Crippen LogP contribution is 2.35. The molecule has 7 nitrogen and oxygen atoms in total. The number of nitrogens with one attached hydrogen (secondary N) is 3. The number of rotatable bonds is 5. The molecule has 3 N–H and O–H groups in total. The third-order valence-corrected chi connectivity index (χ3v) is 6.68. The second-order valence-electron chi connectivity index (χ2n) is 8.51. The van der Waals surface area contributed by atoms with Crippen LogP contribution in [0.25, 0.3) is 22.2 Å². The lowest BCUT2D eigenvalue weighted by molar-refractivity contribution is 0.0966. The normalized spacial score (nSPS) is 17.0. The van der Waals surface area contributed by atoms with E-state index < -0.39 is 10.0 Å². The molecule has 1 fully saturated rings. The van der Waals surface area contributed by atoms with Gasteiger partial charge in [0.25, 0.3) is 5.91 Å². The first-order chi connectivity index (χ1) is 14.9. The van der Waals surface area contributed by atoms with Gasteiger partial charge in [0.15, 0.2) is 0 Å². The fourth-order valence-corrected chi connectivity index (χ4v) is 5.26. The maximum Gasteiger partial charge on any atom is 0.252 e. The molecular formula is C23H26N4O3S. The van der Waals surface area contributed by atoms with Crippen molar-refractivity contribution in [3.05, 3.63) is 53.1 Å². The van der Waals surface area contributed by atoms with Crippen molar-refractivity contribution in [1.82, 2.24) is 15.2 Å². The van der Waals surface area contributed by atoms with Crippen LogP contribution in [0.1, 0.15) is 40.7 Å². The molecule has 0 unspecified atom stereocenters. The van der Waals surface area contributed by atoms with Crippen LogP contribution in [0.15, 0.2) is 36.4 Å². The van der Waals surface area contributed by atoms with Crippen LogP contribution in [0.4, 0.5) is 5.69 Å². The Morgan fingerprint density at radius 2 is 1.87 bits per heavy atom. The van der Waals surface area contributed by atoms with Crippen molar-refractivity contribution in [1.29, 1.82) is 0 Å². The standard InChI is InChI=1S/C23H26N4O3S/c1-31(29,30)26-20-8-6-17(22-18(20)13-24-23(22)28)21-12-16-11-15(5-7-19(16)25-21)14-27-9-3-2-4-10-27/h5-8,11-12,25-26H,2-4,9-10,13-14H2,1H3,(H,24,28). The number of likely N-dealkylation sites (tertiary alicyclic amines) is 1. The predicted octanol–water partition coefficient (Wildman–Crippen LogP) is 3.44. The summed E-state index contributed by atoms with van der Waals surface area (Å²) >= 11 is 0. The molecule has 1 aromatic heterocycles. The van der Waals surface area contributed by atoms with Crippen molar-refractivity contribution in [2.75, 3.05) is 24.1 Å². The van der Waals surface area contributed by atoms with Gasteiger partial charge in [0, 0.05) is 40.8 Å². The van der Waals surface area contributed by atoms with Crippen LogP contribution >= 0.6 is 0 Å². The highest BCUT2D eigenvalue weighted by atomic mass is 32.2. The summed E-state index contributed by atoms with van der Waals surface area (Å²) in [4.78, 5) is 18.5. The number of anilines is 1. The van der Waals surface area contributed by atoms with Gasteiger partial charge in [-0.05, 0) is 61.8 Å². The van der Waals surface area contributed by atoms with Gasteiger partial charge >= 0.3 is 0 Å². The van der Waals surface area contributed by atoms with E-state index >= 15 is 0 Å². The van der Waals surface area contributed by atoms with Gasteiger partial charge in [0.05, 0.1) is 17.5 Å². The molecule has 3 aromatic rings. The number of sulfonamides is 1. The van der Waals surface area contributed by atoms with Gasteiger partial charge in [-0.3, -0.25) is 14.4 Å². The Kier molecular flexibility index (Phi) is 4.98. The fraction of sp³-hybridized carbons (Fsp3) is 0.348. The highest BCUT2D eigenvalue weighted by molar-refractivity contribution is 7.92. The number of hydrogen-bond donors (Lipinski definition) is 3. The Balaban J connectivity index is 1.50. The summed E-state index contributed by atoms with van der Waals surface area (Å²) in [7, 11) is -3.43. The quantitative estimate of drug-likeness (QED) is 0.569. The second-order valence-corrected chi connectivity index (χ2v) is 10.3. The molecule has 2 aliphatic heterocycles. The third-order valence-electron chi connectivity index (χ3n) is 6.09. The van der Waals surface area contributed by atoms with Crippen molar-refractivity contribution in [2.45, 2.75) is 32.4 Å². The van der Waals surface area contributed by atoms with Crippen molar-refractivity contribution >= 4 is 32.5 Å². The number of carbonyl (C=O) groups is 1. The largest absolute Gasteiger partial charge is 0.355 e. The molecule has 1 saturated heterocycles. The molecule has 0 aliphatic carbocycles. The molecule has 31 heavy (non-hydrogen) atoms. The van der Waals surface area contributed by atoms with E-state index in [4.69, 9.17) is 0 Å². The maximum atomic E-state index is 12.6. The zero-order valence-electron chi connectivity index (χ0n) is 17.5. The molecule has 0 spiro atoms. The van der Waals surface area contributed by atoms with Gasteiger partial charge in [-0.2, -0.15) is 0 Å². The Morgan fingerprint density at radius 3 is 2.65 bits per heavy atom. The van der Waals surface area contributed by atoms with E-state index in [9.17, 15) is 13.2 Å². The first-order valence-electron chi connectivity index (χ1n) is 10.6. The van der Waals surface area contributed by atoms with Gasteiger partial charge in [0.1, 0.15) is 0 Å². The van der Waals surface area contributed by atoms with Crippen LogP contribution in [0.5, 0.6) is 0 Å². The van der Waals surface area contributed by atoms with Crippen molar-refractivity contribution < 1.29 is 13.2 Å². The van der Waals surface area contributed by atoms with Crippen molar-refractivity contribution in [2.24, 2.45) is 0 Å². The molecule has 8 heteroatoms. The van der Waals surface area contributed by atoms with Crippen LogP contribution in [0.3, 0.4) is 0 Å². The predicted molar refractivity (Wildman–Crippen MR) is 122 cm³/mol. The van der Waals surface area contributed by atoms with Crippen LogP contribution in [0.2, 0.25) is 0 Å². The molecule has 2 aromatic carbocycles. The summed E-state index contributed by atoms with van der Waals surface area (Å²) in [6.07, 6.45) is 4.98. The van der Waals surface area contributed by atoms with Gasteiger partial charge in [0.2, 0.25) is 10.0 Å². The van der Waals surface area contributed by atoms with Crippen LogP contribution in [-0.4, -0.2) is 43.6 Å². The Hall–Kier alpha value is -2.84. The summed E-state index contributed by atoms with van der Waals surface area (Å²) < 4.78 is 25.9. The minimum atomic E-state index is -3.43. The van der Waals surface area contributed by atoms with E-state index in [0.717, 1.165) is 48.1 Å². The van der Waals surface area contributed by atoms with Gasteiger partial charge in [-0.15, -0.1) is 0 Å². The molecule has 0 saturated carbocycles. The van der Waals surface area contributed by atoms with E-state index in [2.05, 4.69) is 44.2 Å². The van der Waals surface area contributed by atoms with E-state index in [1.807, 2.05) is 0 Å². The molecule has 1 amide bonds. The number of aromatic nitrogens is 1. The molecule has 0 bridgehead atoms. The average molecular weight is 439 g/mol. The van der Waals surface area contributed by atoms with E-state index in [-0.39, 0.29) is 5.91 Å². The number of amides is 1. The van der Waals surface area contributed by atoms with E-state index in [1.54, 1.807) is 12.1 Å². The first-order valence-corrected chi connectivity index (χ1v) is 12.5. The molecular weight excluding hydrogens is 412 g/mol. The molecule has 0 radical (unpaired) electrons. The summed E-state index contributed by atoms with van der Waals surface area (Å²) in [5.74, 6) is -0.188. The monoisotopic (exact) mass is 438 g/mol. The number of benzene rings is 2. The number of carbonyl (C=O) groups excluding carboxylic acids is 1. The van der Waals surface area contributed by atoms with Crippen LogP contribution in [-0.2, 0) is 23.1 Å². The van der Waals surface area contributed by atoms with Gasteiger partial charge in [-0.25, -0.2) is 8.42 Å². The third kappa shape index (κ3) is 4.05. The van der Waals surface area contributed by atoms with Crippen LogP contribution in [0, 0.1) is 0 Å². The molecule has 0 atom stereocenters. The Labute approximate surface area is 181 Å². The van der Waals surface area contributed by atoms with Crippen LogP contribution < -0.4 is 10.0 Å². The molecule has 162 valence electrons.